The molecule has 106 valence electrons. The third-order valence-electron chi connectivity index (χ3n) is 2.79. The molecule has 6 heteroatoms. The van der Waals surface area contributed by atoms with Crippen molar-refractivity contribution in [3.05, 3.63) is 47.4 Å². The highest BCUT2D eigenvalue weighted by Gasteiger charge is 2.16. The lowest BCUT2D eigenvalue weighted by Crippen LogP contribution is -1.96. The van der Waals surface area contributed by atoms with Crippen molar-refractivity contribution in [3.8, 4) is 5.75 Å². The zero-order valence-corrected chi connectivity index (χ0v) is 11.9. The topological polar surface area (TPSA) is 76.7 Å². The molecule has 0 aliphatic heterocycles. The Labute approximate surface area is 118 Å². The number of carboxylic acid groups (broad SMARTS) is 1. The molecule has 0 radical (unpaired) electrons. The summed E-state index contributed by atoms with van der Waals surface area (Å²) >= 11 is 0. The van der Waals surface area contributed by atoms with Crippen LogP contribution in [0.3, 0.4) is 0 Å². The van der Waals surface area contributed by atoms with Gasteiger partial charge in [-0.05, 0) is 37.3 Å². The third kappa shape index (κ3) is 3.08. The van der Waals surface area contributed by atoms with E-state index in [1.165, 1.54) is 6.07 Å². The molecule has 1 unspecified atom stereocenters. The summed E-state index contributed by atoms with van der Waals surface area (Å²) < 4.78 is 22.5. The van der Waals surface area contributed by atoms with Crippen LogP contribution in [-0.2, 0) is 16.6 Å². The van der Waals surface area contributed by atoms with E-state index in [-0.39, 0.29) is 11.3 Å². The smallest absolute Gasteiger partial charge is 0.339 e. The Morgan fingerprint density at radius 3 is 2.50 bits per heavy atom. The van der Waals surface area contributed by atoms with E-state index in [9.17, 15) is 9.00 Å². The molecule has 1 heterocycles. The molecule has 20 heavy (non-hydrogen) atoms. The molecule has 0 aliphatic carbocycles. The van der Waals surface area contributed by atoms with Gasteiger partial charge in [0.1, 0.15) is 22.8 Å². The second-order valence-electron chi connectivity index (χ2n) is 4.15. The molecule has 1 atom stereocenters. The van der Waals surface area contributed by atoms with Gasteiger partial charge in [-0.15, -0.1) is 0 Å². The molecule has 0 fully saturated rings. The Morgan fingerprint density at radius 2 is 2.00 bits per heavy atom. The minimum absolute atomic E-state index is 0.103. The van der Waals surface area contributed by atoms with Crippen molar-refractivity contribution in [1.29, 1.82) is 0 Å². The SMILES string of the molecule is COc1ccc(S(=O)Cc2cc(C(=O)O)c(C)o2)cc1. The van der Waals surface area contributed by atoms with Crippen molar-refractivity contribution >= 4 is 16.8 Å². The second-order valence-corrected chi connectivity index (χ2v) is 5.60. The average Bonchev–Trinajstić information content (AvgIpc) is 2.79. The Balaban J connectivity index is 2.14. The van der Waals surface area contributed by atoms with E-state index in [0.717, 1.165) is 0 Å². The summed E-state index contributed by atoms with van der Waals surface area (Å²) in [6, 6.07) is 8.29. The van der Waals surface area contributed by atoms with Gasteiger partial charge in [-0.3, -0.25) is 4.21 Å². The lowest BCUT2D eigenvalue weighted by Gasteiger charge is -2.02. The molecule has 1 aromatic heterocycles. The van der Waals surface area contributed by atoms with Crippen molar-refractivity contribution < 1.29 is 23.3 Å². The number of hydrogen-bond acceptors (Lipinski definition) is 4. The maximum atomic E-state index is 12.2. The first-order chi connectivity index (χ1) is 9.51. The summed E-state index contributed by atoms with van der Waals surface area (Å²) in [5.41, 5.74) is 0.103. The standard InChI is InChI=1S/C14H14O5S/c1-9-13(14(15)16)7-11(19-9)8-20(17)12-5-3-10(18-2)4-6-12/h3-7H,8H2,1-2H3,(H,15,16). The highest BCUT2D eigenvalue weighted by Crippen LogP contribution is 2.20. The van der Waals surface area contributed by atoms with Crippen LogP contribution in [0.5, 0.6) is 5.75 Å². The molecule has 0 saturated heterocycles. The monoisotopic (exact) mass is 294 g/mol. The lowest BCUT2D eigenvalue weighted by molar-refractivity contribution is 0.0695. The van der Waals surface area contributed by atoms with Gasteiger partial charge in [0.25, 0.3) is 0 Å². The molecule has 2 aromatic rings. The largest absolute Gasteiger partial charge is 0.497 e. The molecule has 5 nitrogen and oxygen atoms in total. The first-order valence-electron chi connectivity index (χ1n) is 5.86. The summed E-state index contributed by atoms with van der Waals surface area (Å²) in [6.45, 7) is 1.57. The van der Waals surface area contributed by atoms with Gasteiger partial charge in [0.05, 0.1) is 23.7 Å². The third-order valence-corrected chi connectivity index (χ3v) is 4.14. The first-order valence-corrected chi connectivity index (χ1v) is 7.18. The van der Waals surface area contributed by atoms with Gasteiger partial charge in [0, 0.05) is 4.90 Å². The van der Waals surface area contributed by atoms with E-state index >= 15 is 0 Å². The van der Waals surface area contributed by atoms with Crippen LogP contribution in [0.25, 0.3) is 0 Å². The van der Waals surface area contributed by atoms with E-state index in [2.05, 4.69) is 0 Å². The van der Waals surface area contributed by atoms with E-state index in [0.29, 0.717) is 22.2 Å². The summed E-state index contributed by atoms with van der Waals surface area (Å²) in [5.74, 6) is 0.495. The zero-order valence-electron chi connectivity index (χ0n) is 11.1. The van der Waals surface area contributed by atoms with Gasteiger partial charge >= 0.3 is 5.97 Å². The van der Waals surface area contributed by atoms with Crippen molar-refractivity contribution in [2.75, 3.05) is 7.11 Å². The second kappa shape index (κ2) is 5.92. The fraction of sp³-hybridized carbons (Fsp3) is 0.214. The van der Waals surface area contributed by atoms with Gasteiger partial charge in [0.15, 0.2) is 0 Å². The van der Waals surface area contributed by atoms with Crippen LogP contribution in [0.15, 0.2) is 39.6 Å². The van der Waals surface area contributed by atoms with E-state index in [1.54, 1.807) is 38.3 Å². The number of furan rings is 1. The molecule has 2 rings (SSSR count). The average molecular weight is 294 g/mol. The van der Waals surface area contributed by atoms with Crippen LogP contribution in [0.4, 0.5) is 0 Å². The van der Waals surface area contributed by atoms with Crippen molar-refractivity contribution in [3.63, 3.8) is 0 Å². The van der Waals surface area contributed by atoms with Crippen LogP contribution in [0.2, 0.25) is 0 Å². The molecule has 1 N–H and O–H groups in total. The predicted molar refractivity (Wildman–Crippen MR) is 73.5 cm³/mol. The number of aryl methyl sites for hydroxylation is 1. The minimum atomic E-state index is -1.30. The Bertz CT molecular complexity index is 642. The maximum absolute atomic E-state index is 12.2. The number of benzene rings is 1. The summed E-state index contributed by atoms with van der Waals surface area (Å²) in [6.07, 6.45) is 0. The molecule has 0 spiro atoms. The molecule has 0 aliphatic rings. The van der Waals surface area contributed by atoms with Crippen LogP contribution in [0, 0.1) is 6.92 Å². The van der Waals surface area contributed by atoms with Crippen LogP contribution < -0.4 is 4.74 Å². The van der Waals surface area contributed by atoms with E-state index in [1.807, 2.05) is 0 Å². The maximum Gasteiger partial charge on any atom is 0.339 e. The van der Waals surface area contributed by atoms with Crippen molar-refractivity contribution in [1.82, 2.24) is 0 Å². The number of carboxylic acids is 1. The van der Waals surface area contributed by atoms with Crippen LogP contribution in [-0.4, -0.2) is 22.4 Å². The van der Waals surface area contributed by atoms with Gasteiger partial charge in [-0.25, -0.2) is 4.79 Å². The summed E-state index contributed by atoms with van der Waals surface area (Å²) in [4.78, 5) is 11.5. The van der Waals surface area contributed by atoms with Gasteiger partial charge in [-0.2, -0.15) is 0 Å². The molecule has 1 aromatic carbocycles. The van der Waals surface area contributed by atoms with Gasteiger partial charge < -0.3 is 14.3 Å². The molecular weight excluding hydrogens is 280 g/mol. The van der Waals surface area contributed by atoms with Crippen molar-refractivity contribution in [2.45, 2.75) is 17.6 Å². The van der Waals surface area contributed by atoms with Gasteiger partial charge in [-0.1, -0.05) is 0 Å². The molecule has 0 saturated carbocycles. The Morgan fingerprint density at radius 1 is 1.35 bits per heavy atom. The quantitative estimate of drug-likeness (QED) is 0.917. The number of hydrogen-bond donors (Lipinski definition) is 1. The van der Waals surface area contributed by atoms with E-state index < -0.39 is 16.8 Å². The molecule has 0 bridgehead atoms. The fourth-order valence-corrected chi connectivity index (χ4v) is 2.77. The highest BCUT2D eigenvalue weighted by atomic mass is 32.2. The van der Waals surface area contributed by atoms with Crippen molar-refractivity contribution in [2.24, 2.45) is 0 Å². The van der Waals surface area contributed by atoms with Crippen LogP contribution >= 0.6 is 0 Å². The predicted octanol–water partition coefficient (Wildman–Crippen LogP) is 2.60. The number of aromatic carboxylic acids is 1. The normalized spacial score (nSPS) is 12.1. The van der Waals surface area contributed by atoms with Crippen LogP contribution in [0.1, 0.15) is 21.9 Å². The number of methoxy groups -OCH3 is 1. The highest BCUT2D eigenvalue weighted by molar-refractivity contribution is 7.84. The summed E-state index contributed by atoms with van der Waals surface area (Å²) in [7, 11) is 0.265. The lowest BCUT2D eigenvalue weighted by atomic mass is 10.2. The Hall–Kier alpha value is -2.08. The molecular formula is C14H14O5S. The number of ether oxygens (including phenoxy) is 1. The molecule has 0 amide bonds. The fourth-order valence-electron chi connectivity index (χ4n) is 1.77. The minimum Gasteiger partial charge on any atom is -0.497 e. The zero-order chi connectivity index (χ0) is 14.7. The number of carbonyl (C=O) groups is 1. The first kappa shape index (κ1) is 14.3. The van der Waals surface area contributed by atoms with E-state index in [4.69, 9.17) is 14.3 Å². The Kier molecular flexibility index (Phi) is 4.24. The summed E-state index contributed by atoms with van der Waals surface area (Å²) in [5, 5.41) is 8.94. The van der Waals surface area contributed by atoms with Gasteiger partial charge in [0.2, 0.25) is 0 Å². The number of rotatable bonds is 5.